The maximum atomic E-state index is 11.9. The van der Waals surface area contributed by atoms with Crippen molar-refractivity contribution in [1.82, 2.24) is 0 Å². The van der Waals surface area contributed by atoms with Crippen LogP contribution in [0.25, 0.3) is 0 Å². The van der Waals surface area contributed by atoms with E-state index >= 15 is 0 Å². The van der Waals surface area contributed by atoms with Crippen molar-refractivity contribution in [1.29, 1.82) is 0 Å². The molecule has 0 saturated carbocycles. The predicted molar refractivity (Wildman–Crippen MR) is 141 cm³/mol. The van der Waals surface area contributed by atoms with Crippen LogP contribution in [0.4, 0.5) is 0 Å². The van der Waals surface area contributed by atoms with Gasteiger partial charge in [-0.25, -0.2) is 4.79 Å². The molecular formula is C30H46O5. The third-order valence-corrected chi connectivity index (χ3v) is 6.32. The van der Waals surface area contributed by atoms with Gasteiger partial charge >= 0.3 is 5.97 Å². The molecule has 35 heavy (non-hydrogen) atoms. The van der Waals surface area contributed by atoms with E-state index < -0.39 is 11.8 Å². The predicted octanol–water partition coefficient (Wildman–Crippen LogP) is 7.30. The van der Waals surface area contributed by atoms with Crippen LogP contribution in [0.1, 0.15) is 90.5 Å². The molecule has 1 aromatic rings. The second kappa shape index (κ2) is 15.9. The van der Waals surface area contributed by atoms with E-state index in [2.05, 4.69) is 32.2 Å². The van der Waals surface area contributed by atoms with Gasteiger partial charge in [-0.2, -0.15) is 0 Å². The first-order valence-electron chi connectivity index (χ1n) is 13.3. The second-order valence-electron chi connectivity index (χ2n) is 10.00. The zero-order chi connectivity index (χ0) is 25.5. The first-order valence-corrected chi connectivity index (χ1v) is 13.3. The number of esters is 1. The van der Waals surface area contributed by atoms with Gasteiger partial charge in [0.05, 0.1) is 24.9 Å². The van der Waals surface area contributed by atoms with Crippen LogP contribution >= 0.6 is 0 Å². The van der Waals surface area contributed by atoms with Crippen LogP contribution in [-0.4, -0.2) is 36.2 Å². The quantitative estimate of drug-likeness (QED) is 0.100. The Morgan fingerprint density at radius 1 is 1.09 bits per heavy atom. The van der Waals surface area contributed by atoms with Crippen LogP contribution in [0.15, 0.2) is 55.6 Å². The third-order valence-electron chi connectivity index (χ3n) is 6.32. The molecule has 1 heterocycles. The van der Waals surface area contributed by atoms with Gasteiger partial charge < -0.3 is 18.9 Å². The van der Waals surface area contributed by atoms with E-state index in [-0.39, 0.29) is 24.4 Å². The van der Waals surface area contributed by atoms with Gasteiger partial charge in [-0.15, -0.1) is 6.58 Å². The molecule has 2 rings (SSSR count). The van der Waals surface area contributed by atoms with E-state index in [1.54, 1.807) is 6.08 Å². The number of unbranched alkanes of at least 4 members (excludes halogenated alkanes) is 4. The highest BCUT2D eigenvalue weighted by atomic mass is 16.7. The topological polar surface area (TPSA) is 54.0 Å². The smallest absolute Gasteiger partial charge is 0.330 e. The summed E-state index contributed by atoms with van der Waals surface area (Å²) in [5, 5.41) is 0. The molecule has 1 fully saturated rings. The van der Waals surface area contributed by atoms with Gasteiger partial charge in [-0.05, 0) is 25.8 Å². The van der Waals surface area contributed by atoms with Gasteiger partial charge in [-0.1, -0.05) is 82.0 Å². The minimum atomic E-state index is -0.628. The van der Waals surface area contributed by atoms with E-state index in [9.17, 15) is 4.79 Å². The van der Waals surface area contributed by atoms with Crippen LogP contribution in [0.3, 0.4) is 0 Å². The van der Waals surface area contributed by atoms with Crippen molar-refractivity contribution in [2.45, 2.75) is 122 Å². The lowest BCUT2D eigenvalue weighted by Gasteiger charge is -2.42. The Balaban J connectivity index is 2.04. The molecule has 0 spiro atoms. The van der Waals surface area contributed by atoms with Crippen LogP contribution in [-0.2, 0) is 30.3 Å². The van der Waals surface area contributed by atoms with Gasteiger partial charge in [0.25, 0.3) is 0 Å². The molecule has 0 aliphatic carbocycles. The summed E-state index contributed by atoms with van der Waals surface area (Å²) in [4.78, 5) is 11.9. The van der Waals surface area contributed by atoms with Crippen molar-refractivity contribution in [2.24, 2.45) is 0 Å². The summed E-state index contributed by atoms with van der Waals surface area (Å²) in [7, 11) is 0. The minimum Gasteiger partial charge on any atom is -0.459 e. The zero-order valence-corrected chi connectivity index (χ0v) is 22.1. The maximum Gasteiger partial charge on any atom is 0.330 e. The molecular weight excluding hydrogens is 440 g/mol. The number of carbonyl (C=O) groups is 1. The lowest BCUT2D eigenvalue weighted by molar-refractivity contribution is -0.304. The summed E-state index contributed by atoms with van der Waals surface area (Å²) < 4.78 is 24.5. The number of hydrogen-bond acceptors (Lipinski definition) is 5. The van der Waals surface area contributed by atoms with Gasteiger partial charge in [0, 0.05) is 31.8 Å². The molecule has 5 heteroatoms. The molecule has 5 nitrogen and oxygen atoms in total. The molecule has 0 radical (unpaired) electrons. The summed E-state index contributed by atoms with van der Waals surface area (Å²) in [6.07, 6.45) is 12.7. The van der Waals surface area contributed by atoms with Gasteiger partial charge in [0.1, 0.15) is 6.10 Å². The van der Waals surface area contributed by atoms with Gasteiger partial charge in [-0.3, -0.25) is 0 Å². The molecule has 0 bridgehead atoms. The fourth-order valence-corrected chi connectivity index (χ4v) is 4.71. The fraction of sp³-hybridized carbons (Fsp3) is 0.633. The maximum absolute atomic E-state index is 11.9. The Labute approximate surface area is 212 Å². The lowest BCUT2D eigenvalue weighted by atomic mass is 9.96. The van der Waals surface area contributed by atoms with Crippen molar-refractivity contribution in [3.63, 3.8) is 0 Å². The molecule has 1 saturated heterocycles. The molecule has 1 aromatic carbocycles. The normalized spacial score (nSPS) is 21.1. The van der Waals surface area contributed by atoms with Crippen LogP contribution in [0.2, 0.25) is 0 Å². The van der Waals surface area contributed by atoms with E-state index in [4.69, 9.17) is 18.9 Å². The van der Waals surface area contributed by atoms with Gasteiger partial charge in [0.2, 0.25) is 0 Å². The van der Waals surface area contributed by atoms with Crippen LogP contribution < -0.4 is 0 Å². The monoisotopic (exact) mass is 486 g/mol. The Bertz CT molecular complexity index is 744. The van der Waals surface area contributed by atoms with E-state index in [1.807, 2.05) is 32.0 Å². The fourth-order valence-electron chi connectivity index (χ4n) is 4.71. The summed E-state index contributed by atoms with van der Waals surface area (Å²) in [6, 6.07) is 10.1. The van der Waals surface area contributed by atoms with Crippen LogP contribution in [0.5, 0.6) is 0 Å². The van der Waals surface area contributed by atoms with Crippen molar-refractivity contribution < 1.29 is 23.7 Å². The zero-order valence-electron chi connectivity index (χ0n) is 22.1. The van der Waals surface area contributed by atoms with E-state index in [1.165, 1.54) is 38.2 Å². The highest BCUT2D eigenvalue weighted by Crippen LogP contribution is 2.33. The Kier molecular flexibility index (Phi) is 13.3. The number of hydrogen-bond donors (Lipinski definition) is 0. The molecule has 0 aromatic heterocycles. The number of benzene rings is 1. The summed E-state index contributed by atoms with van der Waals surface area (Å²) in [5.74, 6) is -1.05. The standard InChI is InChI=1S/C30H46O5/c1-6-9-10-11-15-19-26-21-28(35-30(4,5)34-26)22-27(32-23-24-17-13-12-14-18-24)20-25(16-7-2)33-29(31)8-3/h7-8,12-14,17-18,25-28H,2-3,6,9-11,15-16,19-23H2,1,4-5H3/t25-,26+,27-,28+/m0/s1. The molecule has 0 amide bonds. The van der Waals surface area contributed by atoms with E-state index in [0.29, 0.717) is 25.9 Å². The van der Waals surface area contributed by atoms with Gasteiger partial charge in [0.15, 0.2) is 5.79 Å². The average Bonchev–Trinajstić information content (AvgIpc) is 2.82. The van der Waals surface area contributed by atoms with Crippen molar-refractivity contribution in [3.05, 3.63) is 61.2 Å². The molecule has 0 N–H and O–H groups in total. The summed E-state index contributed by atoms with van der Waals surface area (Å²) in [6.45, 7) is 14.1. The molecule has 4 atom stereocenters. The highest BCUT2D eigenvalue weighted by Gasteiger charge is 2.36. The first kappa shape index (κ1) is 29.3. The largest absolute Gasteiger partial charge is 0.459 e. The first-order chi connectivity index (χ1) is 16.8. The number of carbonyl (C=O) groups excluding carboxylic acids is 1. The Morgan fingerprint density at radius 2 is 1.80 bits per heavy atom. The van der Waals surface area contributed by atoms with E-state index in [0.717, 1.165) is 18.4 Å². The Hall–Kier alpha value is -1.95. The SMILES string of the molecule is C=CC[C@@H](C[C@@H](C[C@H]1C[C@@H](CCCCCCC)OC(C)(C)O1)OCc1ccccc1)OC(=O)C=C. The average molecular weight is 487 g/mol. The second-order valence-corrected chi connectivity index (χ2v) is 10.00. The molecule has 1 aliphatic rings. The summed E-state index contributed by atoms with van der Waals surface area (Å²) in [5.41, 5.74) is 1.11. The number of rotatable bonds is 17. The minimum absolute atomic E-state index is 0.0136. The molecule has 196 valence electrons. The molecule has 0 unspecified atom stereocenters. The Morgan fingerprint density at radius 3 is 2.49 bits per heavy atom. The van der Waals surface area contributed by atoms with Crippen molar-refractivity contribution in [2.75, 3.05) is 0 Å². The van der Waals surface area contributed by atoms with Crippen molar-refractivity contribution >= 4 is 5.97 Å². The van der Waals surface area contributed by atoms with Crippen molar-refractivity contribution in [3.8, 4) is 0 Å². The van der Waals surface area contributed by atoms with Crippen LogP contribution in [0, 0.1) is 0 Å². The third kappa shape index (κ3) is 12.0. The summed E-state index contributed by atoms with van der Waals surface area (Å²) >= 11 is 0. The highest BCUT2D eigenvalue weighted by molar-refractivity contribution is 5.81. The lowest BCUT2D eigenvalue weighted by Crippen LogP contribution is -2.46. The molecule has 1 aliphatic heterocycles. The number of ether oxygens (including phenoxy) is 4.